The van der Waals surface area contributed by atoms with Crippen LogP contribution in [-0.2, 0) is 0 Å². The van der Waals surface area contributed by atoms with Gasteiger partial charge in [0.05, 0.1) is 0 Å². The van der Waals surface area contributed by atoms with Gasteiger partial charge in [0.1, 0.15) is 5.82 Å². The summed E-state index contributed by atoms with van der Waals surface area (Å²) in [5.74, 6) is 0.826. The zero-order valence-electron chi connectivity index (χ0n) is 11.2. The molecule has 0 heterocycles. The van der Waals surface area contributed by atoms with Crippen LogP contribution in [0.15, 0.2) is 24.3 Å². The van der Waals surface area contributed by atoms with Gasteiger partial charge >= 0.3 is 0 Å². The van der Waals surface area contributed by atoms with Crippen LogP contribution >= 0.6 is 12.6 Å². The Morgan fingerprint density at radius 2 is 2.06 bits per heavy atom. The van der Waals surface area contributed by atoms with Crippen molar-refractivity contribution in [2.75, 3.05) is 19.3 Å². The first-order chi connectivity index (χ1) is 8.58. The van der Waals surface area contributed by atoms with Crippen LogP contribution in [-0.4, -0.2) is 24.2 Å². The van der Waals surface area contributed by atoms with Crippen LogP contribution in [0, 0.1) is 11.2 Å². The summed E-state index contributed by atoms with van der Waals surface area (Å²) in [5.41, 5.74) is 1.14. The van der Waals surface area contributed by atoms with E-state index in [-0.39, 0.29) is 11.9 Å². The topological polar surface area (TPSA) is 3.24 Å². The van der Waals surface area contributed by atoms with Crippen molar-refractivity contribution in [3.05, 3.63) is 35.6 Å². The van der Waals surface area contributed by atoms with Gasteiger partial charge in [-0.2, -0.15) is 12.6 Å². The van der Waals surface area contributed by atoms with Crippen molar-refractivity contribution >= 4 is 12.6 Å². The summed E-state index contributed by atoms with van der Waals surface area (Å²) < 4.78 is 13.8. The predicted octanol–water partition coefficient (Wildman–Crippen LogP) is 3.92. The molecule has 1 aromatic carbocycles. The van der Waals surface area contributed by atoms with E-state index in [1.807, 2.05) is 12.1 Å². The molecule has 0 amide bonds. The Morgan fingerprint density at radius 3 is 2.56 bits per heavy atom. The van der Waals surface area contributed by atoms with Crippen LogP contribution in [0.4, 0.5) is 4.39 Å². The summed E-state index contributed by atoms with van der Waals surface area (Å²) >= 11 is 4.48. The molecule has 1 unspecified atom stereocenters. The molecule has 1 aromatic rings. The molecule has 0 N–H and O–H groups in total. The SMILES string of the molecule is CC(c1ccccc1F)N(C)CC1(CS)CCC1. The minimum absolute atomic E-state index is 0.106. The van der Waals surface area contributed by atoms with Crippen LogP contribution in [0.2, 0.25) is 0 Å². The minimum atomic E-state index is -0.106. The first-order valence-corrected chi connectivity index (χ1v) is 7.27. The molecule has 1 aliphatic rings. The zero-order valence-corrected chi connectivity index (χ0v) is 12.1. The third-order valence-electron chi connectivity index (χ3n) is 4.35. The smallest absolute Gasteiger partial charge is 0.127 e. The second-order valence-corrected chi connectivity index (χ2v) is 5.94. The van der Waals surface area contributed by atoms with Crippen molar-refractivity contribution in [1.82, 2.24) is 4.90 Å². The molecule has 1 aliphatic carbocycles. The van der Waals surface area contributed by atoms with Crippen molar-refractivity contribution in [3.63, 3.8) is 0 Å². The monoisotopic (exact) mass is 267 g/mol. The Morgan fingerprint density at radius 1 is 1.39 bits per heavy atom. The fourth-order valence-corrected chi connectivity index (χ4v) is 3.18. The van der Waals surface area contributed by atoms with Crippen molar-refractivity contribution in [2.24, 2.45) is 5.41 Å². The van der Waals surface area contributed by atoms with Crippen molar-refractivity contribution in [2.45, 2.75) is 32.2 Å². The van der Waals surface area contributed by atoms with Crippen LogP contribution in [0.5, 0.6) is 0 Å². The summed E-state index contributed by atoms with van der Waals surface area (Å²) in [6, 6.07) is 7.18. The fraction of sp³-hybridized carbons (Fsp3) is 0.600. The van der Waals surface area contributed by atoms with Gasteiger partial charge in [-0.25, -0.2) is 4.39 Å². The lowest BCUT2D eigenvalue weighted by Crippen LogP contribution is -2.43. The fourth-order valence-electron chi connectivity index (χ4n) is 2.76. The lowest BCUT2D eigenvalue weighted by atomic mass is 9.70. The van der Waals surface area contributed by atoms with E-state index in [2.05, 4.69) is 31.5 Å². The first-order valence-electron chi connectivity index (χ1n) is 6.63. The zero-order chi connectivity index (χ0) is 13.2. The quantitative estimate of drug-likeness (QED) is 0.791. The Kier molecular flexibility index (Phi) is 4.33. The van der Waals surface area contributed by atoms with Crippen molar-refractivity contribution < 1.29 is 4.39 Å². The molecular formula is C15H22FNS. The maximum atomic E-state index is 13.8. The van der Waals surface area contributed by atoms with Gasteiger partial charge in [0.2, 0.25) is 0 Å². The van der Waals surface area contributed by atoms with Gasteiger partial charge in [0.25, 0.3) is 0 Å². The molecule has 0 radical (unpaired) electrons. The van der Waals surface area contributed by atoms with E-state index in [1.165, 1.54) is 25.3 Å². The van der Waals surface area contributed by atoms with E-state index in [9.17, 15) is 4.39 Å². The van der Waals surface area contributed by atoms with Gasteiger partial charge in [-0.15, -0.1) is 0 Å². The Hall–Kier alpha value is -0.540. The van der Waals surface area contributed by atoms with Crippen LogP contribution in [0.3, 0.4) is 0 Å². The standard InChI is InChI=1S/C15H22FNS/c1-12(13-6-3-4-7-14(13)16)17(2)10-15(11-18)8-5-9-15/h3-4,6-7,12,18H,5,8-11H2,1-2H3. The van der Waals surface area contributed by atoms with E-state index in [0.717, 1.165) is 17.9 Å². The van der Waals surface area contributed by atoms with Gasteiger partial charge in [-0.05, 0) is 44.0 Å². The molecular weight excluding hydrogens is 245 g/mol. The van der Waals surface area contributed by atoms with Gasteiger partial charge in [0, 0.05) is 18.2 Å². The van der Waals surface area contributed by atoms with E-state index in [4.69, 9.17) is 0 Å². The minimum Gasteiger partial charge on any atom is -0.299 e. The van der Waals surface area contributed by atoms with E-state index in [1.54, 1.807) is 6.07 Å². The average molecular weight is 267 g/mol. The lowest BCUT2D eigenvalue weighted by molar-refractivity contribution is 0.0846. The van der Waals surface area contributed by atoms with Crippen LogP contribution in [0.25, 0.3) is 0 Å². The Labute approximate surface area is 115 Å². The maximum absolute atomic E-state index is 13.8. The molecule has 0 spiro atoms. The maximum Gasteiger partial charge on any atom is 0.127 e. The lowest BCUT2D eigenvalue weighted by Gasteiger charge is -2.44. The summed E-state index contributed by atoms with van der Waals surface area (Å²) in [5, 5.41) is 0. The normalized spacial score (nSPS) is 19.6. The highest BCUT2D eigenvalue weighted by molar-refractivity contribution is 7.80. The first kappa shape index (κ1) is 13.9. The van der Waals surface area contributed by atoms with Crippen LogP contribution in [0.1, 0.15) is 37.8 Å². The predicted molar refractivity (Wildman–Crippen MR) is 77.6 cm³/mol. The molecule has 0 aromatic heterocycles. The number of rotatable bonds is 5. The van der Waals surface area contributed by atoms with Gasteiger partial charge < -0.3 is 0 Å². The number of hydrogen-bond acceptors (Lipinski definition) is 2. The molecule has 0 saturated heterocycles. The van der Waals surface area contributed by atoms with Crippen LogP contribution < -0.4 is 0 Å². The summed E-state index contributed by atoms with van der Waals surface area (Å²) in [4.78, 5) is 2.26. The molecule has 1 saturated carbocycles. The molecule has 2 rings (SSSR count). The van der Waals surface area contributed by atoms with E-state index >= 15 is 0 Å². The van der Waals surface area contributed by atoms with Gasteiger partial charge in [-0.3, -0.25) is 4.90 Å². The summed E-state index contributed by atoms with van der Waals surface area (Å²) in [7, 11) is 2.08. The number of thiol groups is 1. The highest BCUT2D eigenvalue weighted by Crippen LogP contribution is 2.43. The van der Waals surface area contributed by atoms with Gasteiger partial charge in [-0.1, -0.05) is 24.6 Å². The highest BCUT2D eigenvalue weighted by Gasteiger charge is 2.37. The number of nitrogens with zero attached hydrogens (tertiary/aromatic N) is 1. The van der Waals surface area contributed by atoms with Gasteiger partial charge in [0.15, 0.2) is 0 Å². The molecule has 0 bridgehead atoms. The number of halogens is 1. The van der Waals surface area contributed by atoms with E-state index in [0.29, 0.717) is 5.41 Å². The second-order valence-electron chi connectivity index (χ2n) is 5.62. The molecule has 1 nitrogen and oxygen atoms in total. The summed E-state index contributed by atoms with van der Waals surface area (Å²) in [6.07, 6.45) is 3.82. The Bertz CT molecular complexity index is 398. The van der Waals surface area contributed by atoms with Crippen molar-refractivity contribution in [1.29, 1.82) is 0 Å². The van der Waals surface area contributed by atoms with Crippen molar-refractivity contribution in [3.8, 4) is 0 Å². The molecule has 3 heteroatoms. The third kappa shape index (κ3) is 2.72. The highest BCUT2D eigenvalue weighted by atomic mass is 32.1. The Balaban J connectivity index is 2.05. The third-order valence-corrected chi connectivity index (χ3v) is 5.02. The second kappa shape index (κ2) is 5.62. The molecule has 18 heavy (non-hydrogen) atoms. The summed E-state index contributed by atoms with van der Waals surface area (Å²) in [6.45, 7) is 3.08. The molecule has 1 fully saturated rings. The molecule has 1 atom stereocenters. The average Bonchev–Trinajstić information content (AvgIpc) is 2.33. The molecule has 0 aliphatic heterocycles. The number of benzene rings is 1. The number of hydrogen-bond donors (Lipinski definition) is 1. The largest absolute Gasteiger partial charge is 0.299 e. The van der Waals surface area contributed by atoms with E-state index < -0.39 is 0 Å². The molecule has 100 valence electrons.